The summed E-state index contributed by atoms with van der Waals surface area (Å²) in [4.78, 5) is 16.5. The smallest absolute Gasteiger partial charge is 0.261 e. The van der Waals surface area contributed by atoms with Crippen molar-refractivity contribution in [1.82, 2.24) is 14.9 Å². The lowest BCUT2D eigenvalue weighted by Crippen LogP contribution is -2.36. The van der Waals surface area contributed by atoms with Crippen LogP contribution in [0.5, 0.6) is 5.75 Å². The number of rotatable bonds is 6. The molecular weight excluding hydrogens is 326 g/mol. The lowest BCUT2D eigenvalue weighted by molar-refractivity contribution is -0.127. The third kappa shape index (κ3) is 4.11. The van der Waals surface area contributed by atoms with E-state index >= 15 is 0 Å². The highest BCUT2D eigenvalue weighted by molar-refractivity contribution is 5.80. The van der Waals surface area contributed by atoms with Gasteiger partial charge in [-0.25, -0.2) is 4.98 Å². The number of carbonyl (C=O) groups is 1. The van der Waals surface area contributed by atoms with Gasteiger partial charge in [0.1, 0.15) is 5.75 Å². The standard InChI is InChI=1S/C21H23N3O2/c1-15-8-9-16(2)20(12-15)26-17(3)21(25)23-13-18-6-4-5-7-19(18)24-11-10-22-14-24/h4-12,14,17H,13H2,1-3H3,(H,23,25)/t17-/m1/s1. The largest absolute Gasteiger partial charge is 0.481 e. The third-order valence-corrected chi connectivity index (χ3v) is 4.24. The summed E-state index contributed by atoms with van der Waals surface area (Å²) in [6, 6.07) is 13.9. The fourth-order valence-corrected chi connectivity index (χ4v) is 2.72. The Labute approximate surface area is 153 Å². The van der Waals surface area contributed by atoms with Crippen LogP contribution in [0.2, 0.25) is 0 Å². The van der Waals surface area contributed by atoms with Gasteiger partial charge in [0, 0.05) is 18.9 Å². The van der Waals surface area contributed by atoms with Crippen LogP contribution >= 0.6 is 0 Å². The van der Waals surface area contributed by atoms with Crippen LogP contribution < -0.4 is 10.1 Å². The topological polar surface area (TPSA) is 56.1 Å². The van der Waals surface area contributed by atoms with Crippen LogP contribution in [-0.2, 0) is 11.3 Å². The molecule has 0 radical (unpaired) electrons. The summed E-state index contributed by atoms with van der Waals surface area (Å²) in [5.41, 5.74) is 4.12. The van der Waals surface area contributed by atoms with Gasteiger partial charge in [0.25, 0.3) is 5.91 Å². The van der Waals surface area contributed by atoms with Crippen LogP contribution in [0.1, 0.15) is 23.6 Å². The minimum absolute atomic E-state index is 0.147. The number of ether oxygens (including phenoxy) is 1. The zero-order chi connectivity index (χ0) is 18.5. The van der Waals surface area contributed by atoms with Crippen LogP contribution in [0.3, 0.4) is 0 Å². The molecule has 0 bridgehead atoms. The first kappa shape index (κ1) is 17.7. The second kappa shape index (κ2) is 7.87. The van der Waals surface area contributed by atoms with Crippen molar-refractivity contribution in [3.05, 3.63) is 77.9 Å². The van der Waals surface area contributed by atoms with Gasteiger partial charge in [-0.15, -0.1) is 0 Å². The van der Waals surface area contributed by atoms with Crippen molar-refractivity contribution >= 4 is 5.91 Å². The Kier molecular flexibility index (Phi) is 5.37. The van der Waals surface area contributed by atoms with Crippen molar-refractivity contribution in [2.45, 2.75) is 33.4 Å². The normalized spacial score (nSPS) is 11.8. The van der Waals surface area contributed by atoms with Crippen LogP contribution in [0.4, 0.5) is 0 Å². The van der Waals surface area contributed by atoms with Gasteiger partial charge in [-0.1, -0.05) is 30.3 Å². The van der Waals surface area contributed by atoms with Crippen molar-refractivity contribution in [3.63, 3.8) is 0 Å². The molecule has 2 aromatic carbocycles. The molecule has 1 aromatic heterocycles. The summed E-state index contributed by atoms with van der Waals surface area (Å²) in [6.07, 6.45) is 4.78. The highest BCUT2D eigenvalue weighted by atomic mass is 16.5. The maximum absolute atomic E-state index is 12.5. The van der Waals surface area contributed by atoms with Crippen LogP contribution in [0.25, 0.3) is 5.69 Å². The molecule has 1 amide bonds. The van der Waals surface area contributed by atoms with Gasteiger partial charge in [0.2, 0.25) is 0 Å². The predicted octanol–water partition coefficient (Wildman–Crippen LogP) is 3.57. The summed E-state index contributed by atoms with van der Waals surface area (Å²) >= 11 is 0. The summed E-state index contributed by atoms with van der Waals surface area (Å²) in [5, 5.41) is 2.96. The van der Waals surface area contributed by atoms with Gasteiger partial charge in [-0.05, 0) is 49.6 Å². The average molecular weight is 349 g/mol. The number of hydrogen-bond donors (Lipinski definition) is 1. The number of imidazole rings is 1. The fourth-order valence-electron chi connectivity index (χ4n) is 2.72. The van der Waals surface area contributed by atoms with Crippen LogP contribution in [0, 0.1) is 13.8 Å². The van der Waals surface area contributed by atoms with E-state index in [2.05, 4.69) is 10.3 Å². The zero-order valence-electron chi connectivity index (χ0n) is 15.3. The van der Waals surface area contributed by atoms with E-state index in [-0.39, 0.29) is 5.91 Å². The van der Waals surface area contributed by atoms with E-state index in [1.807, 2.05) is 67.1 Å². The SMILES string of the molecule is Cc1ccc(C)c(O[C@H](C)C(=O)NCc2ccccc2-n2ccnc2)c1. The maximum atomic E-state index is 12.5. The molecule has 0 aliphatic rings. The number of benzene rings is 2. The monoisotopic (exact) mass is 349 g/mol. The molecule has 3 rings (SSSR count). The van der Waals surface area contributed by atoms with E-state index in [9.17, 15) is 4.79 Å². The Balaban J connectivity index is 1.65. The van der Waals surface area contributed by atoms with E-state index in [1.54, 1.807) is 19.4 Å². The molecule has 0 saturated carbocycles. The highest BCUT2D eigenvalue weighted by Crippen LogP contribution is 2.20. The van der Waals surface area contributed by atoms with E-state index in [1.165, 1.54) is 0 Å². The molecule has 0 fully saturated rings. The summed E-state index contributed by atoms with van der Waals surface area (Å²) in [6.45, 7) is 6.16. The molecule has 0 aliphatic carbocycles. The van der Waals surface area contributed by atoms with Gasteiger partial charge in [0.05, 0.1) is 12.0 Å². The molecule has 5 heteroatoms. The van der Waals surface area contributed by atoms with Crippen molar-refractivity contribution in [1.29, 1.82) is 0 Å². The van der Waals surface area contributed by atoms with E-state index in [4.69, 9.17) is 4.74 Å². The molecule has 0 spiro atoms. The van der Waals surface area contributed by atoms with E-state index in [0.29, 0.717) is 6.54 Å². The first-order valence-electron chi connectivity index (χ1n) is 8.62. The average Bonchev–Trinajstić information content (AvgIpc) is 3.17. The van der Waals surface area contributed by atoms with Crippen molar-refractivity contribution < 1.29 is 9.53 Å². The first-order valence-corrected chi connectivity index (χ1v) is 8.62. The molecule has 0 saturated heterocycles. The van der Waals surface area contributed by atoms with Gasteiger partial charge in [-0.2, -0.15) is 0 Å². The number of aromatic nitrogens is 2. The van der Waals surface area contributed by atoms with Crippen molar-refractivity contribution in [3.8, 4) is 11.4 Å². The maximum Gasteiger partial charge on any atom is 0.261 e. The molecule has 1 heterocycles. The number of nitrogens with one attached hydrogen (secondary N) is 1. The van der Waals surface area contributed by atoms with Crippen molar-refractivity contribution in [2.24, 2.45) is 0 Å². The van der Waals surface area contributed by atoms with Gasteiger partial charge in [-0.3, -0.25) is 4.79 Å². The second-order valence-corrected chi connectivity index (χ2v) is 6.35. The molecule has 0 unspecified atom stereocenters. The summed E-state index contributed by atoms with van der Waals surface area (Å²) in [7, 11) is 0. The number of nitrogens with zero attached hydrogens (tertiary/aromatic N) is 2. The molecule has 134 valence electrons. The molecular formula is C21H23N3O2. The zero-order valence-corrected chi connectivity index (χ0v) is 15.3. The number of hydrogen-bond acceptors (Lipinski definition) is 3. The Morgan fingerprint density at radius 3 is 2.81 bits per heavy atom. The Morgan fingerprint density at radius 1 is 1.23 bits per heavy atom. The molecule has 1 N–H and O–H groups in total. The minimum atomic E-state index is -0.573. The van der Waals surface area contributed by atoms with E-state index in [0.717, 1.165) is 28.1 Å². The fraction of sp³-hybridized carbons (Fsp3) is 0.238. The van der Waals surface area contributed by atoms with Gasteiger partial charge < -0.3 is 14.6 Å². The molecule has 5 nitrogen and oxygen atoms in total. The molecule has 3 aromatic rings. The second-order valence-electron chi connectivity index (χ2n) is 6.35. The number of carbonyl (C=O) groups excluding carboxylic acids is 1. The number of amides is 1. The van der Waals surface area contributed by atoms with Crippen molar-refractivity contribution in [2.75, 3.05) is 0 Å². The Morgan fingerprint density at radius 2 is 2.04 bits per heavy atom. The molecule has 26 heavy (non-hydrogen) atoms. The molecule has 1 atom stereocenters. The third-order valence-electron chi connectivity index (χ3n) is 4.24. The lowest BCUT2D eigenvalue weighted by atomic mass is 10.1. The lowest BCUT2D eigenvalue weighted by Gasteiger charge is -2.17. The van der Waals surface area contributed by atoms with Gasteiger partial charge in [0.15, 0.2) is 6.10 Å². The van der Waals surface area contributed by atoms with Crippen LogP contribution in [-0.4, -0.2) is 21.6 Å². The van der Waals surface area contributed by atoms with Crippen LogP contribution in [0.15, 0.2) is 61.2 Å². The Hall–Kier alpha value is -3.08. The molecule has 0 aliphatic heterocycles. The first-order chi connectivity index (χ1) is 12.5. The Bertz CT molecular complexity index is 888. The number of aryl methyl sites for hydroxylation is 2. The summed E-state index contributed by atoms with van der Waals surface area (Å²) < 4.78 is 7.78. The van der Waals surface area contributed by atoms with E-state index < -0.39 is 6.10 Å². The van der Waals surface area contributed by atoms with Gasteiger partial charge >= 0.3 is 0 Å². The summed E-state index contributed by atoms with van der Waals surface area (Å²) in [5.74, 6) is 0.595. The highest BCUT2D eigenvalue weighted by Gasteiger charge is 2.16. The number of para-hydroxylation sites is 1. The minimum Gasteiger partial charge on any atom is -0.481 e. The quantitative estimate of drug-likeness (QED) is 0.740. The predicted molar refractivity (Wildman–Crippen MR) is 101 cm³/mol.